The van der Waals surface area contributed by atoms with Gasteiger partial charge in [0.05, 0.1) is 13.2 Å². The van der Waals surface area contributed by atoms with Gasteiger partial charge in [-0.15, -0.1) is 0 Å². The van der Waals surface area contributed by atoms with E-state index in [2.05, 4.69) is 5.32 Å². The summed E-state index contributed by atoms with van der Waals surface area (Å²) < 4.78 is 11.6. The molecule has 2 atom stereocenters. The van der Waals surface area contributed by atoms with Crippen LogP contribution in [0.1, 0.15) is 41.3 Å². The Kier molecular flexibility index (Phi) is 9.78. The molecule has 0 aliphatic heterocycles. The van der Waals surface area contributed by atoms with E-state index in [9.17, 15) is 14.7 Å². The lowest BCUT2D eigenvalue weighted by atomic mass is 10.0. The first-order valence-electron chi connectivity index (χ1n) is 13.4. The number of hydrogen-bond acceptors (Lipinski definition) is 6. The van der Waals surface area contributed by atoms with Crippen molar-refractivity contribution in [3.63, 3.8) is 0 Å². The molecule has 0 fully saturated rings. The molecule has 4 aromatic carbocycles. The molecule has 0 radical (unpaired) electrons. The van der Waals surface area contributed by atoms with Crippen molar-refractivity contribution in [3.8, 4) is 11.5 Å². The minimum absolute atomic E-state index is 0.0747. The smallest absolute Gasteiger partial charge is 0.323 e. The molecule has 216 valence electrons. The van der Waals surface area contributed by atoms with Crippen molar-refractivity contribution in [2.45, 2.75) is 25.6 Å². The van der Waals surface area contributed by atoms with Gasteiger partial charge in [0.2, 0.25) is 0 Å². The Morgan fingerprint density at radius 3 is 2.14 bits per heavy atom. The van der Waals surface area contributed by atoms with E-state index in [-0.39, 0.29) is 5.84 Å². The summed E-state index contributed by atoms with van der Waals surface area (Å²) in [7, 11) is 1.52. The van der Waals surface area contributed by atoms with Crippen molar-refractivity contribution in [2.75, 3.05) is 19.0 Å². The van der Waals surface area contributed by atoms with Crippen molar-refractivity contribution < 1.29 is 24.2 Å². The van der Waals surface area contributed by atoms with Gasteiger partial charge in [0, 0.05) is 11.3 Å². The van der Waals surface area contributed by atoms with Crippen LogP contribution >= 0.6 is 0 Å². The lowest BCUT2D eigenvalue weighted by molar-refractivity contribution is -0.146. The van der Waals surface area contributed by atoms with Crippen LogP contribution in [0.4, 0.5) is 5.69 Å². The van der Waals surface area contributed by atoms with Crippen LogP contribution in [-0.2, 0) is 16.2 Å². The minimum Gasteiger partial charge on any atom is -0.493 e. The molecule has 0 spiro atoms. The van der Waals surface area contributed by atoms with Crippen molar-refractivity contribution in [1.82, 2.24) is 4.90 Å². The number of carboxylic acids is 1. The average Bonchev–Trinajstić information content (AvgIpc) is 3.02. The van der Waals surface area contributed by atoms with Gasteiger partial charge in [0.1, 0.15) is 25.0 Å². The summed E-state index contributed by atoms with van der Waals surface area (Å²) in [6.07, 6.45) is 0. The predicted octanol–water partition coefficient (Wildman–Crippen LogP) is 5.39. The van der Waals surface area contributed by atoms with Gasteiger partial charge in [-0.1, -0.05) is 66.7 Å². The summed E-state index contributed by atoms with van der Waals surface area (Å²) in [5, 5.41) is 20.7. The summed E-state index contributed by atoms with van der Waals surface area (Å²) >= 11 is 0. The zero-order valence-electron chi connectivity index (χ0n) is 23.5. The highest BCUT2D eigenvalue weighted by Crippen LogP contribution is 2.34. The van der Waals surface area contributed by atoms with Crippen LogP contribution in [0.2, 0.25) is 0 Å². The van der Waals surface area contributed by atoms with Gasteiger partial charge in [-0.3, -0.25) is 15.0 Å². The highest BCUT2D eigenvalue weighted by atomic mass is 16.5. The molecule has 42 heavy (non-hydrogen) atoms. The van der Waals surface area contributed by atoms with Crippen molar-refractivity contribution in [1.29, 1.82) is 5.41 Å². The zero-order chi connectivity index (χ0) is 30.1. The third-order valence-corrected chi connectivity index (χ3v) is 6.85. The number of nitrogen functional groups attached to an aromatic ring is 1. The fourth-order valence-electron chi connectivity index (χ4n) is 4.55. The molecule has 0 heterocycles. The van der Waals surface area contributed by atoms with E-state index in [0.717, 1.165) is 11.1 Å². The third kappa shape index (κ3) is 7.45. The van der Waals surface area contributed by atoms with Crippen molar-refractivity contribution in [3.05, 3.63) is 125 Å². The molecule has 0 aromatic heterocycles. The maximum Gasteiger partial charge on any atom is 0.323 e. The SMILES string of the molecule is COc1cc([C@H](Nc2ccc(C(=N)N)cc2)C(=O)N(CC(=O)O)[C@@H](C)c2ccccc2)ccc1OCc1ccccc1. The normalized spacial score (nSPS) is 12.0. The van der Waals surface area contributed by atoms with Crippen LogP contribution in [-0.4, -0.2) is 41.4 Å². The quantitative estimate of drug-likeness (QED) is 0.126. The first kappa shape index (κ1) is 29.7. The Balaban J connectivity index is 1.71. The Bertz CT molecular complexity index is 1510. The van der Waals surface area contributed by atoms with Crippen LogP contribution < -0.4 is 20.5 Å². The minimum atomic E-state index is -1.13. The zero-order valence-corrected chi connectivity index (χ0v) is 23.5. The second-order valence-corrected chi connectivity index (χ2v) is 9.70. The summed E-state index contributed by atoms with van der Waals surface area (Å²) in [4.78, 5) is 27.5. The number of rotatable bonds is 13. The Morgan fingerprint density at radius 2 is 1.55 bits per heavy atom. The Morgan fingerprint density at radius 1 is 0.905 bits per heavy atom. The maximum absolute atomic E-state index is 14.2. The van der Waals surface area contributed by atoms with E-state index in [4.69, 9.17) is 20.6 Å². The van der Waals surface area contributed by atoms with Gasteiger partial charge in [0.25, 0.3) is 5.91 Å². The molecule has 0 aliphatic carbocycles. The Hall–Kier alpha value is -5.31. The molecule has 1 amide bonds. The van der Waals surface area contributed by atoms with Crippen molar-refractivity contribution >= 4 is 23.4 Å². The number of carboxylic acid groups (broad SMARTS) is 1. The molecule has 4 aromatic rings. The molecule has 9 nitrogen and oxygen atoms in total. The summed E-state index contributed by atoms with van der Waals surface area (Å²) in [6, 6.07) is 29.5. The van der Waals surface area contributed by atoms with Crippen LogP contribution in [0, 0.1) is 5.41 Å². The number of nitrogens with one attached hydrogen (secondary N) is 2. The van der Waals surface area contributed by atoms with Gasteiger partial charge in [-0.2, -0.15) is 0 Å². The van der Waals surface area contributed by atoms with Gasteiger partial charge < -0.3 is 30.5 Å². The van der Waals surface area contributed by atoms with Gasteiger partial charge in [0.15, 0.2) is 11.5 Å². The summed E-state index contributed by atoms with van der Waals surface area (Å²) in [5.74, 6) is -0.713. The number of benzene rings is 4. The van der Waals surface area contributed by atoms with E-state index in [1.54, 1.807) is 49.4 Å². The Labute approximate surface area is 245 Å². The average molecular weight is 567 g/mol. The second-order valence-electron chi connectivity index (χ2n) is 9.70. The fraction of sp³-hybridized carbons (Fsp3) is 0.182. The highest BCUT2D eigenvalue weighted by Gasteiger charge is 2.32. The lowest BCUT2D eigenvalue weighted by Crippen LogP contribution is -2.42. The number of ether oxygens (including phenoxy) is 2. The number of nitrogens with two attached hydrogens (primary N) is 1. The maximum atomic E-state index is 14.2. The van der Waals surface area contributed by atoms with E-state index in [1.807, 2.05) is 60.7 Å². The molecule has 0 saturated heterocycles. The largest absolute Gasteiger partial charge is 0.493 e. The summed E-state index contributed by atoms with van der Waals surface area (Å²) in [6.45, 7) is 1.64. The molecule has 0 unspecified atom stereocenters. The number of aliphatic carboxylic acids is 1. The van der Waals surface area contributed by atoms with E-state index < -0.39 is 30.5 Å². The van der Waals surface area contributed by atoms with Gasteiger partial charge >= 0.3 is 5.97 Å². The van der Waals surface area contributed by atoms with Gasteiger partial charge in [-0.05, 0) is 60.0 Å². The first-order valence-corrected chi connectivity index (χ1v) is 13.4. The number of carbonyl (C=O) groups excluding carboxylic acids is 1. The van der Waals surface area contributed by atoms with Crippen LogP contribution in [0.5, 0.6) is 11.5 Å². The molecule has 5 N–H and O–H groups in total. The standard InChI is InChI=1S/C33H34N4O5/c1-22(24-11-7-4-8-12-24)37(20-30(38)39)33(40)31(36-27-16-13-25(14-17-27)32(34)35)26-15-18-28(29(19-26)41-2)42-21-23-9-5-3-6-10-23/h3-19,22,31,36H,20-21H2,1-2H3,(H3,34,35)(H,38,39)/t22-,31-/m0/s1. The first-order chi connectivity index (χ1) is 20.3. The van der Waals surface area contributed by atoms with E-state index in [1.165, 1.54) is 12.0 Å². The molecule has 0 saturated carbocycles. The number of anilines is 1. The molecule has 0 aliphatic rings. The molecule has 0 bridgehead atoms. The van der Waals surface area contributed by atoms with E-state index in [0.29, 0.717) is 34.9 Å². The predicted molar refractivity (Wildman–Crippen MR) is 162 cm³/mol. The van der Waals surface area contributed by atoms with Gasteiger partial charge in [-0.25, -0.2) is 0 Å². The monoisotopic (exact) mass is 566 g/mol. The molecular weight excluding hydrogens is 532 g/mol. The number of nitrogens with zero attached hydrogens (tertiary/aromatic N) is 1. The second kappa shape index (κ2) is 13.8. The van der Waals surface area contributed by atoms with Crippen LogP contribution in [0.25, 0.3) is 0 Å². The number of hydrogen-bond donors (Lipinski definition) is 4. The van der Waals surface area contributed by atoms with Crippen LogP contribution in [0.3, 0.4) is 0 Å². The molecule has 4 rings (SSSR count). The highest BCUT2D eigenvalue weighted by molar-refractivity contribution is 5.95. The lowest BCUT2D eigenvalue weighted by Gasteiger charge is -2.32. The summed E-state index contributed by atoms with van der Waals surface area (Å²) in [5.41, 5.74) is 9.08. The number of methoxy groups -OCH3 is 1. The number of amides is 1. The van der Waals surface area contributed by atoms with Crippen molar-refractivity contribution in [2.24, 2.45) is 5.73 Å². The molecular formula is C33H34N4O5. The third-order valence-electron chi connectivity index (χ3n) is 6.85. The topological polar surface area (TPSA) is 138 Å². The fourth-order valence-corrected chi connectivity index (χ4v) is 4.55. The van der Waals surface area contributed by atoms with E-state index >= 15 is 0 Å². The molecule has 9 heteroatoms. The van der Waals surface area contributed by atoms with Crippen LogP contribution in [0.15, 0.2) is 103 Å². The number of carbonyl (C=O) groups is 2. The number of amidine groups is 1.